The first-order valence-electron chi connectivity index (χ1n) is 12.3. The van der Waals surface area contributed by atoms with Gasteiger partial charge in [0.15, 0.2) is 0 Å². The van der Waals surface area contributed by atoms with E-state index < -0.39 is 10.8 Å². The van der Waals surface area contributed by atoms with E-state index in [0.717, 1.165) is 46.4 Å². The Morgan fingerprint density at radius 1 is 0.865 bits per heavy atom. The van der Waals surface area contributed by atoms with Crippen LogP contribution in [-0.2, 0) is 17.4 Å². The third kappa shape index (κ3) is 5.89. The summed E-state index contributed by atoms with van der Waals surface area (Å²) in [6.07, 6.45) is 1.73. The van der Waals surface area contributed by atoms with Crippen LogP contribution in [0.2, 0.25) is 5.02 Å². The molecule has 0 N–H and O–H groups in total. The molecule has 4 aromatic carbocycles. The molecular formula is C31H28ClFO3S. The van der Waals surface area contributed by atoms with Crippen LogP contribution in [0.5, 0.6) is 11.5 Å². The smallest absolute Gasteiger partial charge is 0.134 e. The molecule has 1 aliphatic heterocycles. The Kier molecular flexibility index (Phi) is 7.92. The lowest BCUT2D eigenvalue weighted by Gasteiger charge is -2.24. The zero-order valence-corrected chi connectivity index (χ0v) is 22.2. The van der Waals surface area contributed by atoms with Crippen molar-refractivity contribution in [3.8, 4) is 33.8 Å². The number of hydrogen-bond acceptors (Lipinski definition) is 3. The summed E-state index contributed by atoms with van der Waals surface area (Å²) in [6.45, 7) is 0.254. The highest BCUT2D eigenvalue weighted by molar-refractivity contribution is 7.85. The van der Waals surface area contributed by atoms with Crippen molar-refractivity contribution in [2.24, 2.45) is 0 Å². The van der Waals surface area contributed by atoms with Gasteiger partial charge < -0.3 is 9.47 Å². The van der Waals surface area contributed by atoms with Gasteiger partial charge in [0, 0.05) is 44.5 Å². The van der Waals surface area contributed by atoms with Gasteiger partial charge in [-0.3, -0.25) is 4.21 Å². The molecule has 3 nitrogen and oxygen atoms in total. The van der Waals surface area contributed by atoms with Crippen molar-refractivity contribution < 1.29 is 18.1 Å². The summed E-state index contributed by atoms with van der Waals surface area (Å²) < 4.78 is 38.7. The molecule has 1 aliphatic rings. The maximum Gasteiger partial charge on any atom is 0.134 e. The minimum atomic E-state index is -0.733. The molecule has 1 saturated heterocycles. The molecule has 0 unspecified atom stereocenters. The zero-order valence-electron chi connectivity index (χ0n) is 20.6. The molecule has 1 heterocycles. The first-order chi connectivity index (χ1) is 18.0. The minimum absolute atomic E-state index is 0.254. The number of methoxy groups -OCH3 is 1. The van der Waals surface area contributed by atoms with Crippen LogP contribution in [0.1, 0.15) is 29.9 Å². The van der Waals surface area contributed by atoms with Gasteiger partial charge in [-0.25, -0.2) is 4.39 Å². The van der Waals surface area contributed by atoms with Gasteiger partial charge in [-0.15, -0.1) is 0 Å². The van der Waals surface area contributed by atoms with Gasteiger partial charge >= 0.3 is 0 Å². The fraction of sp³-hybridized carbons (Fsp3) is 0.226. The van der Waals surface area contributed by atoms with E-state index in [4.69, 9.17) is 21.1 Å². The number of hydrogen-bond donors (Lipinski definition) is 0. The number of benzene rings is 4. The van der Waals surface area contributed by atoms with Crippen molar-refractivity contribution in [2.45, 2.75) is 25.4 Å². The average molecular weight is 535 g/mol. The SMILES string of the molecule is COc1ccc(-c2ccc(Cl)cc2)c(COc2ccc(-c3ccccc3C3CCS(=O)CC3)c(F)c2)c1. The van der Waals surface area contributed by atoms with Gasteiger partial charge in [0.05, 0.1) is 7.11 Å². The Balaban J connectivity index is 1.38. The molecule has 0 saturated carbocycles. The highest BCUT2D eigenvalue weighted by Gasteiger charge is 2.23. The molecule has 190 valence electrons. The number of ether oxygens (including phenoxy) is 2. The molecule has 6 heteroatoms. The van der Waals surface area contributed by atoms with Crippen LogP contribution in [0, 0.1) is 5.82 Å². The van der Waals surface area contributed by atoms with Gasteiger partial charge in [0.1, 0.15) is 23.9 Å². The third-order valence-corrected chi connectivity index (χ3v) is 8.52. The van der Waals surface area contributed by atoms with Crippen LogP contribution in [-0.4, -0.2) is 22.8 Å². The summed E-state index contributed by atoms with van der Waals surface area (Å²) in [7, 11) is 0.892. The predicted octanol–water partition coefficient (Wildman–Crippen LogP) is 8.03. The molecule has 5 rings (SSSR count). The summed E-state index contributed by atoms with van der Waals surface area (Å²) >= 11 is 6.07. The number of rotatable bonds is 7. The largest absolute Gasteiger partial charge is 0.497 e. The summed E-state index contributed by atoms with van der Waals surface area (Å²) in [5.41, 5.74) is 5.49. The van der Waals surface area contributed by atoms with Crippen molar-refractivity contribution in [3.63, 3.8) is 0 Å². The van der Waals surface area contributed by atoms with Crippen LogP contribution in [0.3, 0.4) is 0 Å². The maximum atomic E-state index is 15.4. The highest BCUT2D eigenvalue weighted by atomic mass is 35.5. The van der Waals surface area contributed by atoms with Crippen molar-refractivity contribution in [1.29, 1.82) is 0 Å². The molecular weight excluding hydrogens is 507 g/mol. The van der Waals surface area contributed by atoms with Crippen LogP contribution in [0.4, 0.5) is 4.39 Å². The van der Waals surface area contributed by atoms with Crippen LogP contribution >= 0.6 is 11.6 Å². The Bertz CT molecular complexity index is 1410. The van der Waals surface area contributed by atoms with E-state index >= 15 is 4.39 Å². The van der Waals surface area contributed by atoms with Gasteiger partial charge in [-0.2, -0.15) is 0 Å². The molecule has 37 heavy (non-hydrogen) atoms. The zero-order chi connectivity index (χ0) is 25.8. The normalized spacial score (nSPS) is 17.4. The second-order valence-electron chi connectivity index (χ2n) is 9.17. The first-order valence-corrected chi connectivity index (χ1v) is 14.2. The van der Waals surface area contributed by atoms with Crippen LogP contribution < -0.4 is 9.47 Å². The van der Waals surface area contributed by atoms with Crippen molar-refractivity contribution in [2.75, 3.05) is 18.6 Å². The van der Waals surface area contributed by atoms with Crippen LogP contribution in [0.25, 0.3) is 22.3 Å². The van der Waals surface area contributed by atoms with E-state index in [0.29, 0.717) is 33.8 Å². The molecule has 0 amide bonds. The Labute approximate surface area is 224 Å². The maximum absolute atomic E-state index is 15.4. The summed E-state index contributed by atoms with van der Waals surface area (Å²) in [5, 5.41) is 0.672. The Hall–Kier alpha value is -3.15. The lowest BCUT2D eigenvalue weighted by molar-refractivity contribution is 0.304. The van der Waals surface area contributed by atoms with Gasteiger partial charge in [-0.05, 0) is 77.4 Å². The lowest BCUT2D eigenvalue weighted by Crippen LogP contribution is -2.17. The van der Waals surface area contributed by atoms with Gasteiger partial charge in [0.2, 0.25) is 0 Å². The monoisotopic (exact) mass is 534 g/mol. The van der Waals surface area contributed by atoms with E-state index in [1.165, 1.54) is 6.07 Å². The van der Waals surface area contributed by atoms with Crippen molar-refractivity contribution in [3.05, 3.63) is 107 Å². The summed E-state index contributed by atoms with van der Waals surface area (Å²) in [5.74, 6) is 2.56. The fourth-order valence-electron chi connectivity index (χ4n) is 4.90. The average Bonchev–Trinajstić information content (AvgIpc) is 2.93. The van der Waals surface area contributed by atoms with Crippen LogP contribution in [0.15, 0.2) is 84.9 Å². The molecule has 1 fully saturated rings. The third-order valence-electron chi connectivity index (χ3n) is 6.88. The molecule has 4 aromatic rings. The molecule has 0 aromatic heterocycles. The molecule has 0 radical (unpaired) electrons. The van der Waals surface area contributed by atoms with E-state index in [2.05, 4.69) is 6.07 Å². The predicted molar refractivity (Wildman–Crippen MR) is 149 cm³/mol. The standard InChI is InChI=1S/C31H28ClFO3S/c1-35-25-10-12-27(21-6-8-24(32)9-7-21)23(18-25)20-36-26-11-13-30(31(33)19-26)29-5-3-2-4-28(29)22-14-16-37(34)17-15-22/h2-13,18-19,22H,14-17,20H2,1H3. The number of halogens is 2. The second-order valence-corrected chi connectivity index (χ2v) is 11.3. The second kappa shape index (κ2) is 11.5. The van der Waals surface area contributed by atoms with E-state index in [-0.39, 0.29) is 12.4 Å². The Morgan fingerprint density at radius 2 is 1.57 bits per heavy atom. The quantitative estimate of drug-likeness (QED) is 0.241. The van der Waals surface area contributed by atoms with E-state index in [1.54, 1.807) is 13.2 Å². The summed E-state index contributed by atoms with van der Waals surface area (Å²) in [4.78, 5) is 0. The topological polar surface area (TPSA) is 35.5 Å². The molecule has 0 atom stereocenters. The minimum Gasteiger partial charge on any atom is -0.497 e. The van der Waals surface area contributed by atoms with E-state index in [1.807, 2.05) is 66.7 Å². The first kappa shape index (κ1) is 25.5. The van der Waals surface area contributed by atoms with E-state index in [9.17, 15) is 4.21 Å². The Morgan fingerprint density at radius 3 is 2.30 bits per heavy atom. The lowest BCUT2D eigenvalue weighted by atomic mass is 9.87. The fourth-order valence-corrected chi connectivity index (χ4v) is 6.32. The highest BCUT2D eigenvalue weighted by Crippen LogP contribution is 2.37. The van der Waals surface area contributed by atoms with Gasteiger partial charge in [0.25, 0.3) is 0 Å². The van der Waals surface area contributed by atoms with Gasteiger partial charge in [-0.1, -0.05) is 54.1 Å². The van der Waals surface area contributed by atoms with Crippen molar-refractivity contribution in [1.82, 2.24) is 0 Å². The van der Waals surface area contributed by atoms with Crippen molar-refractivity contribution >= 4 is 22.4 Å². The summed E-state index contributed by atoms with van der Waals surface area (Å²) in [6, 6.07) is 26.5. The molecule has 0 spiro atoms. The molecule has 0 aliphatic carbocycles. The molecule has 0 bridgehead atoms.